The van der Waals surface area contributed by atoms with Crippen molar-refractivity contribution < 1.29 is 9.53 Å². The number of benzene rings is 1. The van der Waals surface area contributed by atoms with Crippen LogP contribution >= 0.6 is 0 Å². The molecule has 150 valence electrons. The normalized spacial score (nSPS) is 10.4. The lowest BCUT2D eigenvalue weighted by Crippen LogP contribution is -2.29. The van der Waals surface area contributed by atoms with Crippen LogP contribution in [-0.2, 0) is 12.8 Å². The van der Waals surface area contributed by atoms with E-state index in [1.807, 2.05) is 30.3 Å². The molecular formula is C22H25N5O2. The predicted octanol–water partition coefficient (Wildman–Crippen LogP) is 2.85. The lowest BCUT2D eigenvalue weighted by atomic mass is 10.1. The molecule has 2 aromatic heterocycles. The minimum Gasteiger partial charge on any atom is -0.497 e. The molecule has 29 heavy (non-hydrogen) atoms. The van der Waals surface area contributed by atoms with E-state index in [0.717, 1.165) is 29.7 Å². The molecule has 0 radical (unpaired) electrons. The van der Waals surface area contributed by atoms with Gasteiger partial charge in [-0.3, -0.25) is 9.78 Å². The molecule has 0 atom stereocenters. The minimum absolute atomic E-state index is 0.127. The molecule has 0 fully saturated rings. The third kappa shape index (κ3) is 6.00. The third-order valence-electron chi connectivity index (χ3n) is 4.57. The van der Waals surface area contributed by atoms with Crippen molar-refractivity contribution in [3.63, 3.8) is 0 Å². The molecule has 3 aromatic rings. The highest BCUT2D eigenvalue weighted by molar-refractivity contribution is 5.92. The molecule has 1 aromatic carbocycles. The van der Waals surface area contributed by atoms with Crippen molar-refractivity contribution in [2.75, 3.05) is 32.6 Å². The van der Waals surface area contributed by atoms with Gasteiger partial charge in [0.1, 0.15) is 23.6 Å². The molecule has 1 amide bonds. The van der Waals surface area contributed by atoms with Crippen LogP contribution in [0.4, 0.5) is 5.82 Å². The standard InChI is InChI=1S/C22H25N5O2/c1-27(13-9-17-6-10-23-11-7-17)22(28)20-15-21(26-16-25-20)24-12-8-18-4-3-5-19(14-18)29-2/h3-7,10-11,14-16H,8-9,12-13H2,1-2H3,(H,24,25,26). The summed E-state index contributed by atoms with van der Waals surface area (Å²) in [4.78, 5) is 26.7. The van der Waals surface area contributed by atoms with Crippen molar-refractivity contribution in [1.82, 2.24) is 19.9 Å². The molecule has 0 saturated heterocycles. The summed E-state index contributed by atoms with van der Waals surface area (Å²) in [5, 5.41) is 3.25. The van der Waals surface area contributed by atoms with Gasteiger partial charge in [0.05, 0.1) is 7.11 Å². The van der Waals surface area contributed by atoms with Gasteiger partial charge in [-0.05, 0) is 48.2 Å². The van der Waals surface area contributed by atoms with E-state index in [0.29, 0.717) is 24.6 Å². The summed E-state index contributed by atoms with van der Waals surface area (Å²) >= 11 is 0. The van der Waals surface area contributed by atoms with Crippen LogP contribution in [0, 0.1) is 0 Å². The van der Waals surface area contributed by atoms with Gasteiger partial charge in [-0.25, -0.2) is 9.97 Å². The molecule has 0 aliphatic heterocycles. The minimum atomic E-state index is -0.127. The molecule has 2 heterocycles. The summed E-state index contributed by atoms with van der Waals surface area (Å²) in [6.45, 7) is 1.29. The number of ether oxygens (including phenoxy) is 1. The Labute approximate surface area is 170 Å². The van der Waals surface area contributed by atoms with E-state index in [9.17, 15) is 4.79 Å². The Morgan fingerprint density at radius 2 is 1.90 bits per heavy atom. The van der Waals surface area contributed by atoms with E-state index in [1.54, 1.807) is 37.5 Å². The van der Waals surface area contributed by atoms with Gasteiger partial charge in [-0.15, -0.1) is 0 Å². The van der Waals surface area contributed by atoms with Crippen LogP contribution in [0.3, 0.4) is 0 Å². The Morgan fingerprint density at radius 1 is 1.07 bits per heavy atom. The molecule has 0 bridgehead atoms. The number of pyridine rings is 1. The molecular weight excluding hydrogens is 366 g/mol. The first-order valence-electron chi connectivity index (χ1n) is 9.49. The van der Waals surface area contributed by atoms with Gasteiger partial charge in [0.15, 0.2) is 0 Å². The van der Waals surface area contributed by atoms with Crippen LogP contribution in [0.5, 0.6) is 5.75 Å². The van der Waals surface area contributed by atoms with Crippen LogP contribution in [0.15, 0.2) is 61.2 Å². The zero-order chi connectivity index (χ0) is 20.5. The van der Waals surface area contributed by atoms with Crippen LogP contribution < -0.4 is 10.1 Å². The smallest absolute Gasteiger partial charge is 0.272 e. The molecule has 0 unspecified atom stereocenters. The SMILES string of the molecule is COc1cccc(CCNc2cc(C(=O)N(C)CCc3ccncc3)ncn2)c1. The zero-order valence-electron chi connectivity index (χ0n) is 16.7. The van der Waals surface area contributed by atoms with E-state index in [4.69, 9.17) is 4.74 Å². The van der Waals surface area contributed by atoms with Crippen molar-refractivity contribution in [3.05, 3.63) is 78.0 Å². The van der Waals surface area contributed by atoms with E-state index in [1.165, 1.54) is 6.33 Å². The lowest BCUT2D eigenvalue weighted by molar-refractivity contribution is 0.0790. The number of methoxy groups -OCH3 is 1. The topological polar surface area (TPSA) is 80.2 Å². The number of aromatic nitrogens is 3. The predicted molar refractivity (Wildman–Crippen MR) is 112 cm³/mol. The van der Waals surface area contributed by atoms with Crippen LogP contribution in [0.1, 0.15) is 21.6 Å². The van der Waals surface area contributed by atoms with Crippen molar-refractivity contribution in [1.29, 1.82) is 0 Å². The number of amides is 1. The van der Waals surface area contributed by atoms with Crippen molar-refractivity contribution in [2.24, 2.45) is 0 Å². The van der Waals surface area contributed by atoms with Crippen LogP contribution in [0.25, 0.3) is 0 Å². The summed E-state index contributed by atoms with van der Waals surface area (Å²) in [7, 11) is 3.44. The van der Waals surface area contributed by atoms with Gasteiger partial charge >= 0.3 is 0 Å². The third-order valence-corrected chi connectivity index (χ3v) is 4.57. The molecule has 1 N–H and O–H groups in total. The number of hydrogen-bond donors (Lipinski definition) is 1. The maximum absolute atomic E-state index is 12.7. The maximum Gasteiger partial charge on any atom is 0.272 e. The second-order valence-electron chi connectivity index (χ2n) is 6.65. The van der Waals surface area contributed by atoms with Gasteiger partial charge in [0.2, 0.25) is 0 Å². The summed E-state index contributed by atoms with van der Waals surface area (Å²) in [6, 6.07) is 13.5. The van der Waals surface area contributed by atoms with Gasteiger partial charge in [-0.1, -0.05) is 12.1 Å². The number of carbonyl (C=O) groups excluding carboxylic acids is 1. The first-order chi connectivity index (χ1) is 14.2. The average Bonchev–Trinajstić information content (AvgIpc) is 2.78. The number of nitrogens with one attached hydrogen (secondary N) is 1. The Balaban J connectivity index is 1.53. The first-order valence-corrected chi connectivity index (χ1v) is 9.49. The van der Waals surface area contributed by atoms with Gasteiger partial charge in [0.25, 0.3) is 5.91 Å². The van der Waals surface area contributed by atoms with Gasteiger partial charge in [-0.2, -0.15) is 0 Å². The maximum atomic E-state index is 12.7. The monoisotopic (exact) mass is 391 g/mol. The Morgan fingerprint density at radius 3 is 2.69 bits per heavy atom. The molecule has 3 rings (SSSR count). The van der Waals surface area contributed by atoms with Crippen LogP contribution in [0.2, 0.25) is 0 Å². The number of rotatable bonds is 9. The second-order valence-corrected chi connectivity index (χ2v) is 6.65. The largest absolute Gasteiger partial charge is 0.497 e. The number of nitrogens with zero attached hydrogens (tertiary/aromatic N) is 4. The Bertz CT molecular complexity index is 933. The molecule has 7 nitrogen and oxygen atoms in total. The summed E-state index contributed by atoms with van der Waals surface area (Å²) in [5.41, 5.74) is 2.68. The number of anilines is 1. The molecule has 7 heteroatoms. The Kier molecular flexibility index (Phi) is 7.10. The van der Waals surface area contributed by atoms with Gasteiger partial charge in [0, 0.05) is 38.6 Å². The van der Waals surface area contributed by atoms with Crippen molar-refractivity contribution >= 4 is 11.7 Å². The summed E-state index contributed by atoms with van der Waals surface area (Å²) in [5.74, 6) is 1.35. The lowest BCUT2D eigenvalue weighted by Gasteiger charge is -2.17. The van der Waals surface area contributed by atoms with E-state index < -0.39 is 0 Å². The molecule has 0 saturated carbocycles. The number of hydrogen-bond acceptors (Lipinski definition) is 6. The van der Waals surface area contributed by atoms with Crippen molar-refractivity contribution in [3.8, 4) is 5.75 Å². The molecule has 0 spiro atoms. The highest BCUT2D eigenvalue weighted by Gasteiger charge is 2.14. The van der Waals surface area contributed by atoms with Crippen molar-refractivity contribution in [2.45, 2.75) is 12.8 Å². The molecule has 0 aliphatic carbocycles. The van der Waals surface area contributed by atoms with Crippen LogP contribution in [-0.4, -0.2) is 53.0 Å². The fourth-order valence-electron chi connectivity index (χ4n) is 2.88. The van der Waals surface area contributed by atoms with Gasteiger partial charge < -0.3 is 15.0 Å². The highest BCUT2D eigenvalue weighted by atomic mass is 16.5. The Hall–Kier alpha value is -3.48. The highest BCUT2D eigenvalue weighted by Crippen LogP contribution is 2.13. The quantitative estimate of drug-likeness (QED) is 0.604. The average molecular weight is 391 g/mol. The fraction of sp³-hybridized carbons (Fsp3) is 0.273. The summed E-state index contributed by atoms with van der Waals surface area (Å²) < 4.78 is 5.25. The molecule has 0 aliphatic rings. The number of likely N-dealkylation sites (N-methyl/N-ethyl adjacent to an activating group) is 1. The second kappa shape index (κ2) is 10.2. The van der Waals surface area contributed by atoms with E-state index in [-0.39, 0.29) is 5.91 Å². The first kappa shape index (κ1) is 20.3. The zero-order valence-corrected chi connectivity index (χ0v) is 16.7. The number of carbonyl (C=O) groups is 1. The van der Waals surface area contributed by atoms with E-state index in [2.05, 4.69) is 26.3 Å². The summed E-state index contributed by atoms with van der Waals surface area (Å²) in [6.07, 6.45) is 6.51. The fourth-order valence-corrected chi connectivity index (χ4v) is 2.88. The van der Waals surface area contributed by atoms with E-state index >= 15 is 0 Å².